The van der Waals surface area contributed by atoms with Crippen LogP contribution in [0.2, 0.25) is 0 Å². The number of ether oxygens (including phenoxy) is 1. The van der Waals surface area contributed by atoms with Crippen LogP contribution in [0.25, 0.3) is 10.9 Å². The van der Waals surface area contributed by atoms with Crippen molar-refractivity contribution in [3.05, 3.63) is 36.0 Å². The average Bonchev–Trinajstić information content (AvgIpc) is 3.21. The molecule has 2 aliphatic rings. The fourth-order valence-electron chi connectivity index (χ4n) is 4.63. The lowest BCUT2D eigenvalue weighted by Crippen LogP contribution is -2.43. The number of carbonyl (C=O) groups is 1. The van der Waals surface area contributed by atoms with Gasteiger partial charge in [-0.1, -0.05) is 18.2 Å². The summed E-state index contributed by atoms with van der Waals surface area (Å²) in [5.74, 6) is 1.67. The van der Waals surface area contributed by atoms with Gasteiger partial charge in [0.25, 0.3) is 0 Å². The summed E-state index contributed by atoms with van der Waals surface area (Å²) in [4.78, 5) is 15.3. The molecule has 4 nitrogen and oxygen atoms in total. The van der Waals surface area contributed by atoms with E-state index in [9.17, 15) is 4.79 Å². The van der Waals surface area contributed by atoms with E-state index < -0.39 is 0 Å². The summed E-state index contributed by atoms with van der Waals surface area (Å²) < 4.78 is 5.11. The highest BCUT2D eigenvalue weighted by atomic mass is 16.5. The molecule has 2 saturated carbocycles. The molecule has 22 heavy (non-hydrogen) atoms. The topological polar surface area (TPSA) is 54.1 Å². The average molecular weight is 298 g/mol. The summed E-state index contributed by atoms with van der Waals surface area (Å²) in [5, 5.41) is 4.43. The molecule has 1 aromatic carbocycles. The van der Waals surface area contributed by atoms with Gasteiger partial charge in [0.15, 0.2) is 0 Å². The summed E-state index contributed by atoms with van der Waals surface area (Å²) in [5.41, 5.74) is 2.53. The lowest BCUT2D eigenvalue weighted by molar-refractivity contribution is 0.141. The van der Waals surface area contributed by atoms with E-state index in [1.54, 1.807) is 0 Å². The van der Waals surface area contributed by atoms with Crippen LogP contribution in [-0.2, 0) is 4.74 Å². The van der Waals surface area contributed by atoms with Crippen LogP contribution in [0.15, 0.2) is 30.5 Å². The number of nitrogens with one attached hydrogen (secondary N) is 2. The van der Waals surface area contributed by atoms with Gasteiger partial charge in [0.05, 0.1) is 6.61 Å². The SMILES string of the molecule is CCOC(=O)N[C@H]1[C@@H]2CC[C@@H](C2)[C@@H]1c1c[nH]c2ccccc12. The number of rotatable bonds is 3. The first kappa shape index (κ1) is 13.7. The molecule has 116 valence electrons. The van der Waals surface area contributed by atoms with Gasteiger partial charge in [-0.3, -0.25) is 0 Å². The van der Waals surface area contributed by atoms with Crippen LogP contribution < -0.4 is 5.32 Å². The summed E-state index contributed by atoms with van der Waals surface area (Å²) >= 11 is 0. The maximum Gasteiger partial charge on any atom is 0.407 e. The van der Waals surface area contributed by atoms with E-state index in [4.69, 9.17) is 4.74 Å². The van der Waals surface area contributed by atoms with Crippen LogP contribution in [0.4, 0.5) is 4.79 Å². The molecule has 4 heteroatoms. The second-order valence-corrected chi connectivity index (χ2v) is 6.54. The van der Waals surface area contributed by atoms with Crippen molar-refractivity contribution in [2.75, 3.05) is 6.61 Å². The van der Waals surface area contributed by atoms with Crippen LogP contribution in [-0.4, -0.2) is 23.7 Å². The number of H-pyrrole nitrogens is 1. The van der Waals surface area contributed by atoms with Crippen LogP contribution in [0.3, 0.4) is 0 Å². The first-order valence-corrected chi connectivity index (χ1v) is 8.27. The Balaban J connectivity index is 1.67. The van der Waals surface area contributed by atoms with E-state index in [1.807, 2.05) is 6.92 Å². The lowest BCUT2D eigenvalue weighted by atomic mass is 9.79. The molecule has 2 fully saturated rings. The smallest absolute Gasteiger partial charge is 0.407 e. The van der Waals surface area contributed by atoms with Gasteiger partial charge in [-0.2, -0.15) is 0 Å². The Morgan fingerprint density at radius 1 is 1.32 bits per heavy atom. The molecule has 4 rings (SSSR count). The Kier molecular flexibility index (Phi) is 3.32. The molecule has 1 amide bonds. The molecule has 2 aliphatic carbocycles. The van der Waals surface area contributed by atoms with E-state index >= 15 is 0 Å². The van der Waals surface area contributed by atoms with Crippen molar-refractivity contribution in [2.24, 2.45) is 11.8 Å². The zero-order valence-electron chi connectivity index (χ0n) is 12.8. The molecule has 2 N–H and O–H groups in total. The van der Waals surface area contributed by atoms with Gasteiger partial charge in [-0.25, -0.2) is 4.79 Å². The molecular weight excluding hydrogens is 276 g/mol. The normalized spacial score (nSPS) is 29.9. The summed E-state index contributed by atoms with van der Waals surface area (Å²) in [6.45, 7) is 2.27. The molecular formula is C18H22N2O2. The Bertz CT molecular complexity index is 693. The van der Waals surface area contributed by atoms with E-state index in [-0.39, 0.29) is 12.1 Å². The van der Waals surface area contributed by atoms with Crippen molar-refractivity contribution in [3.63, 3.8) is 0 Å². The predicted molar refractivity (Wildman–Crippen MR) is 85.8 cm³/mol. The number of amides is 1. The fraction of sp³-hybridized carbons (Fsp3) is 0.500. The number of aromatic amines is 1. The van der Waals surface area contributed by atoms with Crippen molar-refractivity contribution in [2.45, 2.75) is 38.1 Å². The number of aromatic nitrogens is 1. The monoisotopic (exact) mass is 298 g/mol. The minimum atomic E-state index is -0.273. The Morgan fingerprint density at radius 2 is 2.14 bits per heavy atom. The molecule has 0 saturated heterocycles. The van der Waals surface area contributed by atoms with Crippen molar-refractivity contribution in [1.29, 1.82) is 0 Å². The molecule has 0 spiro atoms. The number of fused-ring (bicyclic) bond motifs is 3. The minimum Gasteiger partial charge on any atom is -0.450 e. The Labute approximate surface area is 130 Å². The molecule has 1 aromatic heterocycles. The molecule has 4 atom stereocenters. The maximum absolute atomic E-state index is 11.9. The zero-order valence-corrected chi connectivity index (χ0v) is 12.8. The standard InChI is InChI=1S/C18H22N2O2/c1-2-22-18(21)20-17-12-8-7-11(9-12)16(17)14-10-19-15-6-4-3-5-13(14)15/h3-6,10-12,16-17,19H,2,7-9H2,1H3,(H,20,21)/t11-,12+,16+,17-/m0/s1. The van der Waals surface area contributed by atoms with E-state index in [0.29, 0.717) is 24.4 Å². The lowest BCUT2D eigenvalue weighted by Gasteiger charge is -2.31. The number of para-hydroxylation sites is 1. The maximum atomic E-state index is 11.9. The highest BCUT2D eigenvalue weighted by Gasteiger charge is 2.49. The highest BCUT2D eigenvalue weighted by molar-refractivity contribution is 5.84. The molecule has 2 aromatic rings. The number of hydrogen-bond acceptors (Lipinski definition) is 2. The quantitative estimate of drug-likeness (QED) is 0.905. The van der Waals surface area contributed by atoms with Crippen molar-refractivity contribution < 1.29 is 9.53 Å². The van der Waals surface area contributed by atoms with Crippen molar-refractivity contribution in [1.82, 2.24) is 10.3 Å². The zero-order chi connectivity index (χ0) is 15.1. The van der Waals surface area contributed by atoms with Crippen LogP contribution in [0, 0.1) is 11.8 Å². The number of benzene rings is 1. The van der Waals surface area contributed by atoms with Gasteiger partial charge in [0.2, 0.25) is 0 Å². The van der Waals surface area contributed by atoms with Crippen LogP contribution >= 0.6 is 0 Å². The third-order valence-electron chi connectivity index (χ3n) is 5.46. The summed E-state index contributed by atoms with van der Waals surface area (Å²) in [6, 6.07) is 8.63. The van der Waals surface area contributed by atoms with Gasteiger partial charge in [-0.15, -0.1) is 0 Å². The number of carbonyl (C=O) groups excluding carboxylic acids is 1. The van der Waals surface area contributed by atoms with E-state index in [0.717, 1.165) is 0 Å². The molecule has 1 heterocycles. The molecule has 0 unspecified atom stereocenters. The van der Waals surface area contributed by atoms with E-state index in [2.05, 4.69) is 40.8 Å². The third kappa shape index (κ3) is 2.09. The molecule has 2 bridgehead atoms. The van der Waals surface area contributed by atoms with Gasteiger partial charge >= 0.3 is 6.09 Å². The van der Waals surface area contributed by atoms with Gasteiger partial charge in [0, 0.05) is 29.1 Å². The number of hydrogen-bond donors (Lipinski definition) is 2. The predicted octanol–water partition coefficient (Wildman–Crippen LogP) is 3.80. The first-order chi connectivity index (χ1) is 10.8. The first-order valence-electron chi connectivity index (χ1n) is 8.27. The largest absolute Gasteiger partial charge is 0.450 e. The molecule has 0 radical (unpaired) electrons. The third-order valence-corrected chi connectivity index (χ3v) is 5.46. The Hall–Kier alpha value is -1.97. The van der Waals surface area contributed by atoms with Crippen LogP contribution in [0.1, 0.15) is 37.7 Å². The summed E-state index contributed by atoms with van der Waals surface area (Å²) in [6.07, 6.45) is 5.58. The second-order valence-electron chi connectivity index (χ2n) is 6.54. The minimum absolute atomic E-state index is 0.206. The Morgan fingerprint density at radius 3 is 3.00 bits per heavy atom. The second kappa shape index (κ2) is 5.34. The van der Waals surface area contributed by atoms with Gasteiger partial charge in [-0.05, 0) is 49.7 Å². The van der Waals surface area contributed by atoms with Gasteiger partial charge < -0.3 is 15.0 Å². The van der Waals surface area contributed by atoms with Crippen molar-refractivity contribution in [3.8, 4) is 0 Å². The van der Waals surface area contributed by atoms with Crippen LogP contribution in [0.5, 0.6) is 0 Å². The highest BCUT2D eigenvalue weighted by Crippen LogP contribution is 2.54. The summed E-state index contributed by atoms with van der Waals surface area (Å²) in [7, 11) is 0. The molecule has 0 aliphatic heterocycles. The number of alkyl carbamates (subject to hydrolysis) is 1. The van der Waals surface area contributed by atoms with E-state index in [1.165, 1.54) is 35.7 Å². The van der Waals surface area contributed by atoms with Crippen molar-refractivity contribution >= 4 is 17.0 Å². The fourth-order valence-corrected chi connectivity index (χ4v) is 4.63. The van der Waals surface area contributed by atoms with Gasteiger partial charge in [0.1, 0.15) is 0 Å².